The van der Waals surface area contributed by atoms with E-state index in [1.54, 1.807) is 0 Å². The van der Waals surface area contributed by atoms with E-state index in [0.717, 1.165) is 19.4 Å². The van der Waals surface area contributed by atoms with Gasteiger partial charge in [0.1, 0.15) is 0 Å². The molecule has 0 rings (SSSR count). The van der Waals surface area contributed by atoms with Gasteiger partial charge in [-0.2, -0.15) is 0 Å². The van der Waals surface area contributed by atoms with Crippen molar-refractivity contribution in [1.29, 1.82) is 0 Å². The number of hydrogen-bond acceptors (Lipinski definition) is 3. The van der Waals surface area contributed by atoms with E-state index in [9.17, 15) is 0 Å². The van der Waals surface area contributed by atoms with Crippen molar-refractivity contribution < 1.29 is 5.11 Å². The summed E-state index contributed by atoms with van der Waals surface area (Å²) in [6.07, 6.45) is 1.69. The molecule has 0 aliphatic heterocycles. The van der Waals surface area contributed by atoms with Crippen LogP contribution in [0.25, 0.3) is 0 Å². The number of rotatable bonds is 5. The molecule has 0 aliphatic rings. The Balaban J connectivity index is 2.95. The van der Waals surface area contributed by atoms with Crippen LogP contribution in [0.3, 0.4) is 0 Å². The van der Waals surface area contributed by atoms with Gasteiger partial charge in [0, 0.05) is 6.61 Å². The lowest BCUT2D eigenvalue weighted by Gasteiger charge is -2.09. The molecule has 0 saturated carbocycles. The van der Waals surface area contributed by atoms with Crippen molar-refractivity contribution in [3.63, 3.8) is 0 Å². The third kappa shape index (κ3) is 5.76. The first kappa shape index (κ1) is 8.88. The molecule has 3 nitrogen and oxygen atoms in total. The fraction of sp³-hybridized carbons (Fsp3) is 1.00. The normalized spacial score (nSPS) is 13.7. The molecule has 0 radical (unpaired) electrons. The van der Waals surface area contributed by atoms with Crippen LogP contribution >= 0.6 is 0 Å². The monoisotopic (exact) mass is 132 g/mol. The zero-order valence-electron chi connectivity index (χ0n) is 5.93. The predicted molar refractivity (Wildman–Crippen MR) is 38.0 cm³/mol. The van der Waals surface area contributed by atoms with E-state index < -0.39 is 0 Å². The summed E-state index contributed by atoms with van der Waals surface area (Å²) in [4.78, 5) is 0. The van der Waals surface area contributed by atoms with Crippen molar-refractivity contribution in [3.8, 4) is 0 Å². The van der Waals surface area contributed by atoms with Gasteiger partial charge in [0.25, 0.3) is 0 Å². The maximum atomic E-state index is 8.40. The van der Waals surface area contributed by atoms with Crippen LogP contribution in [-0.4, -0.2) is 24.4 Å². The topological polar surface area (TPSA) is 58.3 Å². The Morgan fingerprint density at radius 1 is 1.67 bits per heavy atom. The van der Waals surface area contributed by atoms with Crippen LogP contribution in [0, 0.1) is 0 Å². The minimum Gasteiger partial charge on any atom is -0.396 e. The van der Waals surface area contributed by atoms with Gasteiger partial charge in [-0.05, 0) is 19.4 Å². The fourth-order valence-corrected chi connectivity index (χ4v) is 0.675. The fourth-order valence-electron chi connectivity index (χ4n) is 0.675. The molecule has 1 unspecified atom stereocenters. The Kier molecular flexibility index (Phi) is 5.93. The molecule has 0 spiro atoms. The number of hydrogen-bond donors (Lipinski definition) is 3. The molecule has 0 amide bonds. The molecule has 0 aromatic rings. The second-order valence-electron chi connectivity index (χ2n) is 2.03. The van der Waals surface area contributed by atoms with Crippen LogP contribution < -0.4 is 11.1 Å². The molecule has 56 valence electrons. The molecule has 0 aromatic carbocycles. The maximum Gasteiger partial charge on any atom is 0.0547 e. The molecule has 4 N–H and O–H groups in total. The van der Waals surface area contributed by atoms with Gasteiger partial charge in [0.15, 0.2) is 0 Å². The van der Waals surface area contributed by atoms with Gasteiger partial charge < -0.3 is 16.2 Å². The number of nitrogens with two attached hydrogens (primary N) is 1. The van der Waals surface area contributed by atoms with Crippen LogP contribution in [-0.2, 0) is 0 Å². The zero-order valence-corrected chi connectivity index (χ0v) is 5.93. The minimum atomic E-state index is 0.0575. The quantitative estimate of drug-likeness (QED) is 0.448. The van der Waals surface area contributed by atoms with Gasteiger partial charge in [0.05, 0.1) is 6.17 Å². The molecular formula is C6H16N2O. The second-order valence-corrected chi connectivity index (χ2v) is 2.03. The van der Waals surface area contributed by atoms with Gasteiger partial charge in [-0.25, -0.2) is 0 Å². The highest BCUT2D eigenvalue weighted by atomic mass is 16.2. The summed E-state index contributed by atoms with van der Waals surface area (Å²) in [6, 6.07) is 0. The largest absolute Gasteiger partial charge is 0.396 e. The molecule has 1 atom stereocenters. The first-order valence-electron chi connectivity index (χ1n) is 3.41. The van der Waals surface area contributed by atoms with Crippen molar-refractivity contribution in [2.75, 3.05) is 13.2 Å². The van der Waals surface area contributed by atoms with Crippen molar-refractivity contribution >= 4 is 0 Å². The van der Waals surface area contributed by atoms with E-state index in [1.807, 2.05) is 6.92 Å². The zero-order chi connectivity index (χ0) is 7.11. The first-order valence-corrected chi connectivity index (χ1v) is 3.41. The van der Waals surface area contributed by atoms with Gasteiger partial charge in [-0.15, -0.1) is 0 Å². The summed E-state index contributed by atoms with van der Waals surface area (Å²) < 4.78 is 0. The summed E-state index contributed by atoms with van der Waals surface area (Å²) in [5.74, 6) is 0. The van der Waals surface area contributed by atoms with Gasteiger partial charge >= 0.3 is 0 Å². The molecule has 0 aliphatic carbocycles. The van der Waals surface area contributed by atoms with E-state index in [-0.39, 0.29) is 12.8 Å². The Bertz CT molecular complexity index is 59.0. The van der Waals surface area contributed by atoms with Crippen molar-refractivity contribution in [3.05, 3.63) is 0 Å². The highest BCUT2D eigenvalue weighted by Crippen LogP contribution is 1.88. The van der Waals surface area contributed by atoms with E-state index in [0.29, 0.717) is 0 Å². The summed E-state index contributed by atoms with van der Waals surface area (Å²) in [5.41, 5.74) is 5.55. The Morgan fingerprint density at radius 2 is 2.33 bits per heavy atom. The molecule has 3 heteroatoms. The Hall–Kier alpha value is -0.120. The lowest BCUT2D eigenvalue weighted by molar-refractivity contribution is 0.275. The van der Waals surface area contributed by atoms with Crippen LogP contribution in [0.5, 0.6) is 0 Å². The Morgan fingerprint density at radius 3 is 2.78 bits per heavy atom. The van der Waals surface area contributed by atoms with Gasteiger partial charge in [0.2, 0.25) is 0 Å². The molecule has 0 heterocycles. The minimum absolute atomic E-state index is 0.0575. The predicted octanol–water partition coefficient (Wildman–Crippen LogP) is -0.347. The van der Waals surface area contributed by atoms with Crippen molar-refractivity contribution in [2.24, 2.45) is 5.73 Å². The van der Waals surface area contributed by atoms with Crippen LogP contribution in [0.15, 0.2) is 0 Å². The van der Waals surface area contributed by atoms with Crippen molar-refractivity contribution in [2.45, 2.75) is 25.9 Å². The number of nitrogens with one attached hydrogen (secondary N) is 1. The summed E-state index contributed by atoms with van der Waals surface area (Å²) in [6.45, 7) is 3.14. The molecule has 9 heavy (non-hydrogen) atoms. The van der Waals surface area contributed by atoms with Crippen LogP contribution in [0.4, 0.5) is 0 Å². The summed E-state index contributed by atoms with van der Waals surface area (Å²) >= 11 is 0. The second kappa shape index (κ2) is 6.01. The van der Waals surface area contributed by atoms with E-state index in [1.165, 1.54) is 0 Å². The van der Waals surface area contributed by atoms with E-state index in [2.05, 4.69) is 5.32 Å². The number of aliphatic hydroxyl groups is 1. The van der Waals surface area contributed by atoms with E-state index in [4.69, 9.17) is 10.8 Å². The third-order valence-corrected chi connectivity index (χ3v) is 1.14. The van der Waals surface area contributed by atoms with Gasteiger partial charge in [-0.3, -0.25) is 0 Å². The summed E-state index contributed by atoms with van der Waals surface area (Å²) in [7, 11) is 0. The van der Waals surface area contributed by atoms with Gasteiger partial charge in [-0.1, -0.05) is 6.92 Å². The molecule has 0 aromatic heterocycles. The first-order chi connectivity index (χ1) is 4.31. The lowest BCUT2D eigenvalue weighted by Crippen LogP contribution is -2.37. The third-order valence-electron chi connectivity index (χ3n) is 1.14. The van der Waals surface area contributed by atoms with E-state index >= 15 is 0 Å². The standard InChI is InChI=1S/C6H16N2O/c1-2-8-6(7)4-3-5-9/h6,8-9H,2-5,7H2,1H3. The SMILES string of the molecule is CCNC(N)CCCO. The average molecular weight is 132 g/mol. The highest BCUT2D eigenvalue weighted by Gasteiger charge is 1.96. The molecule has 0 saturated heterocycles. The molecule has 0 fully saturated rings. The molecular weight excluding hydrogens is 116 g/mol. The Labute approximate surface area is 56.2 Å². The van der Waals surface area contributed by atoms with Crippen molar-refractivity contribution in [1.82, 2.24) is 5.32 Å². The maximum absolute atomic E-state index is 8.40. The number of aliphatic hydroxyl groups excluding tert-OH is 1. The highest BCUT2D eigenvalue weighted by molar-refractivity contribution is 4.55. The smallest absolute Gasteiger partial charge is 0.0547 e. The van der Waals surface area contributed by atoms with Crippen LogP contribution in [0.1, 0.15) is 19.8 Å². The summed E-state index contributed by atoms with van der Waals surface area (Å²) in [5, 5.41) is 11.4. The lowest BCUT2D eigenvalue weighted by atomic mass is 10.3. The average Bonchev–Trinajstić information content (AvgIpc) is 1.85. The van der Waals surface area contributed by atoms with Crippen LogP contribution in [0.2, 0.25) is 0 Å². The molecule has 0 bridgehead atoms.